The third-order valence-corrected chi connectivity index (χ3v) is 6.49. The number of likely N-dealkylation sites (N-methyl/N-ethyl adjacent to an activating group) is 1. The van der Waals surface area contributed by atoms with Gasteiger partial charge in [-0.3, -0.25) is 9.59 Å². The molecule has 0 saturated carbocycles. The normalized spacial score (nSPS) is 19.0. The molecule has 184 valence electrons. The molecule has 1 fully saturated rings. The standard InChI is InChI=1S/C24H29F3N4O2S/c1-31-11-10-20(28-13-16-6-8-19(34-2)9-7-16)21(15-31)30-22(32)14-29-23(33)17-4-3-5-18(12-17)24(25,26)27/h3-9,12,20-21,28H,10-11,13-15H2,1-2H3,(H,29,33)(H,30,32)/t20-,21+/m0/s1. The summed E-state index contributed by atoms with van der Waals surface area (Å²) in [6.45, 7) is 1.89. The summed E-state index contributed by atoms with van der Waals surface area (Å²) in [7, 11) is 1.98. The first-order valence-corrected chi connectivity index (χ1v) is 12.2. The minimum absolute atomic E-state index is 0.0551. The number of amides is 2. The fourth-order valence-corrected chi connectivity index (χ4v) is 4.26. The Balaban J connectivity index is 1.53. The van der Waals surface area contributed by atoms with Gasteiger partial charge in [0.1, 0.15) is 0 Å². The summed E-state index contributed by atoms with van der Waals surface area (Å²) < 4.78 is 38.6. The lowest BCUT2D eigenvalue weighted by atomic mass is 9.99. The lowest BCUT2D eigenvalue weighted by molar-refractivity contribution is -0.137. The molecule has 2 atom stereocenters. The molecule has 0 radical (unpaired) electrons. The summed E-state index contributed by atoms with van der Waals surface area (Å²) in [6, 6.07) is 12.3. The van der Waals surface area contributed by atoms with Crippen molar-refractivity contribution in [3.63, 3.8) is 0 Å². The molecule has 1 heterocycles. The number of carbonyl (C=O) groups is 2. The Morgan fingerprint density at radius 2 is 1.85 bits per heavy atom. The lowest BCUT2D eigenvalue weighted by Gasteiger charge is -2.37. The molecule has 2 aromatic rings. The maximum absolute atomic E-state index is 12.9. The highest BCUT2D eigenvalue weighted by Gasteiger charge is 2.31. The zero-order valence-electron chi connectivity index (χ0n) is 19.1. The molecule has 2 aromatic carbocycles. The van der Waals surface area contributed by atoms with Gasteiger partial charge in [0.2, 0.25) is 5.91 Å². The monoisotopic (exact) mass is 494 g/mol. The average Bonchev–Trinajstić information content (AvgIpc) is 2.82. The zero-order valence-corrected chi connectivity index (χ0v) is 19.9. The highest BCUT2D eigenvalue weighted by atomic mass is 32.2. The highest BCUT2D eigenvalue weighted by Crippen LogP contribution is 2.29. The number of carbonyl (C=O) groups excluding carboxylic acids is 2. The van der Waals surface area contributed by atoms with E-state index in [-0.39, 0.29) is 24.2 Å². The molecule has 1 aliphatic heterocycles. The number of alkyl halides is 3. The molecule has 0 aliphatic carbocycles. The summed E-state index contributed by atoms with van der Waals surface area (Å²) in [5.41, 5.74) is 0.0917. The number of nitrogens with zero attached hydrogens (tertiary/aromatic N) is 1. The second-order valence-electron chi connectivity index (χ2n) is 8.32. The Hall–Kier alpha value is -2.56. The molecule has 10 heteroatoms. The van der Waals surface area contributed by atoms with E-state index < -0.39 is 23.6 Å². The number of thioether (sulfide) groups is 1. The minimum atomic E-state index is -4.54. The van der Waals surface area contributed by atoms with E-state index in [4.69, 9.17) is 0 Å². The Morgan fingerprint density at radius 3 is 2.53 bits per heavy atom. The summed E-state index contributed by atoms with van der Waals surface area (Å²) in [6.07, 6.45) is -1.66. The molecule has 0 unspecified atom stereocenters. The Morgan fingerprint density at radius 1 is 1.12 bits per heavy atom. The minimum Gasteiger partial charge on any atom is -0.349 e. The maximum atomic E-state index is 12.9. The number of hydrogen-bond acceptors (Lipinski definition) is 5. The number of piperidine rings is 1. The number of benzene rings is 2. The van der Waals surface area contributed by atoms with Gasteiger partial charge in [-0.1, -0.05) is 18.2 Å². The molecule has 34 heavy (non-hydrogen) atoms. The van der Waals surface area contributed by atoms with Crippen molar-refractivity contribution in [2.45, 2.75) is 36.1 Å². The molecule has 0 spiro atoms. The second kappa shape index (κ2) is 11.7. The van der Waals surface area contributed by atoms with Crippen molar-refractivity contribution >= 4 is 23.6 Å². The van der Waals surface area contributed by atoms with Crippen LogP contribution in [-0.2, 0) is 17.5 Å². The van der Waals surface area contributed by atoms with Gasteiger partial charge in [-0.15, -0.1) is 11.8 Å². The number of nitrogens with one attached hydrogen (secondary N) is 3. The fraction of sp³-hybridized carbons (Fsp3) is 0.417. The van der Waals surface area contributed by atoms with E-state index in [9.17, 15) is 22.8 Å². The molecule has 6 nitrogen and oxygen atoms in total. The largest absolute Gasteiger partial charge is 0.416 e. The Kier molecular flexibility index (Phi) is 8.98. The van der Waals surface area contributed by atoms with Crippen LogP contribution >= 0.6 is 11.8 Å². The molecule has 1 aliphatic rings. The van der Waals surface area contributed by atoms with Crippen molar-refractivity contribution in [3.05, 3.63) is 65.2 Å². The number of rotatable bonds is 8. The summed E-state index contributed by atoms with van der Waals surface area (Å²) in [5.74, 6) is -1.12. The fourth-order valence-electron chi connectivity index (χ4n) is 3.86. The van der Waals surface area contributed by atoms with Crippen LogP contribution in [0.3, 0.4) is 0 Å². The molecule has 1 saturated heterocycles. The van der Waals surface area contributed by atoms with Crippen LogP contribution in [0.4, 0.5) is 13.2 Å². The van der Waals surface area contributed by atoms with Gasteiger partial charge in [-0.05, 0) is 62.2 Å². The number of hydrogen-bond donors (Lipinski definition) is 3. The van der Waals surface area contributed by atoms with E-state index in [1.165, 1.54) is 17.0 Å². The van der Waals surface area contributed by atoms with Crippen LogP contribution in [0.1, 0.15) is 27.9 Å². The van der Waals surface area contributed by atoms with Crippen LogP contribution in [0.15, 0.2) is 53.4 Å². The van der Waals surface area contributed by atoms with Crippen molar-refractivity contribution in [1.82, 2.24) is 20.9 Å². The van der Waals surface area contributed by atoms with Gasteiger partial charge in [0.25, 0.3) is 5.91 Å². The summed E-state index contributed by atoms with van der Waals surface area (Å²) in [4.78, 5) is 28.1. The summed E-state index contributed by atoms with van der Waals surface area (Å²) in [5, 5.41) is 8.88. The van der Waals surface area contributed by atoms with E-state index >= 15 is 0 Å². The van der Waals surface area contributed by atoms with Crippen LogP contribution in [0.2, 0.25) is 0 Å². The molecule has 0 aromatic heterocycles. The number of halogens is 3. The predicted molar refractivity (Wildman–Crippen MR) is 127 cm³/mol. The quantitative estimate of drug-likeness (QED) is 0.492. The van der Waals surface area contributed by atoms with Gasteiger partial charge in [0, 0.05) is 29.6 Å². The molecular weight excluding hydrogens is 465 g/mol. The van der Waals surface area contributed by atoms with Crippen molar-refractivity contribution in [2.24, 2.45) is 0 Å². The predicted octanol–water partition coefficient (Wildman–Crippen LogP) is 3.14. The van der Waals surface area contributed by atoms with Crippen LogP contribution in [0, 0.1) is 0 Å². The van der Waals surface area contributed by atoms with Gasteiger partial charge < -0.3 is 20.9 Å². The summed E-state index contributed by atoms with van der Waals surface area (Å²) >= 11 is 1.68. The lowest BCUT2D eigenvalue weighted by Crippen LogP contribution is -2.59. The van der Waals surface area contributed by atoms with Crippen molar-refractivity contribution < 1.29 is 22.8 Å². The van der Waals surface area contributed by atoms with E-state index in [1.54, 1.807) is 11.8 Å². The van der Waals surface area contributed by atoms with Crippen LogP contribution in [0.25, 0.3) is 0 Å². The highest BCUT2D eigenvalue weighted by molar-refractivity contribution is 7.98. The zero-order chi connectivity index (χ0) is 24.7. The third-order valence-electron chi connectivity index (χ3n) is 5.75. The smallest absolute Gasteiger partial charge is 0.349 e. The van der Waals surface area contributed by atoms with Crippen molar-refractivity contribution in [1.29, 1.82) is 0 Å². The second-order valence-corrected chi connectivity index (χ2v) is 9.20. The maximum Gasteiger partial charge on any atom is 0.416 e. The van der Waals surface area contributed by atoms with Gasteiger partial charge in [-0.2, -0.15) is 13.2 Å². The van der Waals surface area contributed by atoms with Crippen LogP contribution < -0.4 is 16.0 Å². The SMILES string of the molecule is CSc1ccc(CN[C@H]2CCN(C)C[C@H]2NC(=O)CNC(=O)c2cccc(C(F)(F)F)c2)cc1. The molecular formula is C24H29F3N4O2S. The van der Waals surface area contributed by atoms with E-state index in [2.05, 4.69) is 45.1 Å². The Labute approximate surface area is 201 Å². The molecule has 0 bridgehead atoms. The van der Waals surface area contributed by atoms with Crippen molar-refractivity contribution in [2.75, 3.05) is 32.9 Å². The van der Waals surface area contributed by atoms with E-state index in [1.807, 2.05) is 13.3 Å². The topological polar surface area (TPSA) is 73.5 Å². The van der Waals surface area contributed by atoms with Gasteiger partial charge >= 0.3 is 6.18 Å². The Bertz CT molecular complexity index is 985. The molecule has 3 N–H and O–H groups in total. The first-order chi connectivity index (χ1) is 16.2. The van der Waals surface area contributed by atoms with E-state index in [0.29, 0.717) is 13.1 Å². The first-order valence-electron chi connectivity index (χ1n) is 11.0. The molecule has 3 rings (SSSR count). The number of likely N-dealkylation sites (tertiary alicyclic amines) is 1. The third kappa shape index (κ3) is 7.48. The van der Waals surface area contributed by atoms with Crippen LogP contribution in [0.5, 0.6) is 0 Å². The van der Waals surface area contributed by atoms with Crippen LogP contribution in [-0.4, -0.2) is 61.7 Å². The molecule has 2 amide bonds. The van der Waals surface area contributed by atoms with E-state index in [0.717, 1.165) is 30.7 Å². The first kappa shape index (κ1) is 26.1. The average molecular weight is 495 g/mol. The van der Waals surface area contributed by atoms with Gasteiger partial charge in [0.15, 0.2) is 0 Å². The van der Waals surface area contributed by atoms with Crippen molar-refractivity contribution in [3.8, 4) is 0 Å². The van der Waals surface area contributed by atoms with Gasteiger partial charge in [-0.25, -0.2) is 0 Å². The van der Waals surface area contributed by atoms with Gasteiger partial charge in [0.05, 0.1) is 18.2 Å².